The molecule has 2 rings (SSSR count). The van der Waals surface area contributed by atoms with Crippen molar-refractivity contribution in [3.8, 4) is 5.75 Å². The molecule has 3 nitrogen and oxygen atoms in total. The van der Waals surface area contributed by atoms with E-state index in [2.05, 4.69) is 21.2 Å². The van der Waals surface area contributed by atoms with Crippen LogP contribution >= 0.6 is 27.5 Å². The first kappa shape index (κ1) is 14.9. The molecule has 0 saturated carbocycles. The highest BCUT2D eigenvalue weighted by Gasteiger charge is 2.13. The molecule has 2 aromatic rings. The Morgan fingerprint density at radius 3 is 2.75 bits per heavy atom. The number of hydrogen-bond donors (Lipinski definition) is 1. The summed E-state index contributed by atoms with van der Waals surface area (Å²) in [5.74, 6) is 0.377. The number of carbonyl (C=O) groups is 1. The maximum atomic E-state index is 12.3. The standard InChI is InChI=1S/C15H13BrClNO2/c1-9-11(4-3-5-12(9)17)15(19)18-13-8-10(16)6-7-14(13)20-2/h3-8H,1-2H3,(H,18,19). The quantitative estimate of drug-likeness (QED) is 0.869. The first-order valence-electron chi connectivity index (χ1n) is 5.93. The molecule has 0 fully saturated rings. The van der Waals surface area contributed by atoms with Gasteiger partial charge in [-0.1, -0.05) is 33.6 Å². The van der Waals surface area contributed by atoms with Crippen LogP contribution in [0.2, 0.25) is 5.02 Å². The van der Waals surface area contributed by atoms with Crippen LogP contribution in [0, 0.1) is 6.92 Å². The average molecular weight is 355 g/mol. The van der Waals surface area contributed by atoms with Gasteiger partial charge in [0.05, 0.1) is 12.8 Å². The van der Waals surface area contributed by atoms with Gasteiger partial charge in [-0.15, -0.1) is 0 Å². The Hall–Kier alpha value is -1.52. The van der Waals surface area contributed by atoms with Crippen LogP contribution in [0.4, 0.5) is 5.69 Å². The summed E-state index contributed by atoms with van der Waals surface area (Å²) in [6.45, 7) is 1.81. The Balaban J connectivity index is 2.32. The Labute approximate surface area is 131 Å². The molecule has 0 aliphatic heterocycles. The van der Waals surface area contributed by atoms with Gasteiger partial charge in [0.15, 0.2) is 0 Å². The molecule has 0 unspecified atom stereocenters. The zero-order chi connectivity index (χ0) is 14.7. The van der Waals surface area contributed by atoms with Crippen molar-refractivity contribution in [1.29, 1.82) is 0 Å². The van der Waals surface area contributed by atoms with Crippen LogP contribution in [0.15, 0.2) is 40.9 Å². The predicted octanol–water partition coefficient (Wildman–Crippen LogP) is 4.67. The highest BCUT2D eigenvalue weighted by Crippen LogP contribution is 2.29. The molecule has 0 aromatic heterocycles. The topological polar surface area (TPSA) is 38.3 Å². The first-order chi connectivity index (χ1) is 9.52. The summed E-state index contributed by atoms with van der Waals surface area (Å²) in [5.41, 5.74) is 1.89. The van der Waals surface area contributed by atoms with E-state index in [0.717, 1.165) is 10.0 Å². The molecule has 0 atom stereocenters. The molecule has 0 spiro atoms. The maximum absolute atomic E-state index is 12.3. The molecule has 2 aromatic carbocycles. The summed E-state index contributed by atoms with van der Waals surface area (Å²) in [5, 5.41) is 3.40. The highest BCUT2D eigenvalue weighted by molar-refractivity contribution is 9.10. The molecule has 0 saturated heterocycles. The largest absolute Gasteiger partial charge is 0.495 e. The molecule has 104 valence electrons. The van der Waals surface area contributed by atoms with Crippen LogP contribution in [-0.4, -0.2) is 13.0 Å². The minimum Gasteiger partial charge on any atom is -0.495 e. The number of rotatable bonds is 3. The van der Waals surface area contributed by atoms with Gasteiger partial charge in [0.1, 0.15) is 5.75 Å². The van der Waals surface area contributed by atoms with Crippen LogP contribution in [0.1, 0.15) is 15.9 Å². The van der Waals surface area contributed by atoms with Crippen LogP contribution in [0.5, 0.6) is 5.75 Å². The van der Waals surface area contributed by atoms with Gasteiger partial charge in [0, 0.05) is 15.1 Å². The van der Waals surface area contributed by atoms with Crippen molar-refractivity contribution in [3.63, 3.8) is 0 Å². The molecular weight excluding hydrogens is 342 g/mol. The van der Waals surface area contributed by atoms with E-state index in [9.17, 15) is 4.79 Å². The third kappa shape index (κ3) is 3.14. The molecule has 0 bridgehead atoms. The predicted molar refractivity (Wildman–Crippen MR) is 84.8 cm³/mol. The first-order valence-corrected chi connectivity index (χ1v) is 7.10. The summed E-state index contributed by atoms with van der Waals surface area (Å²) in [4.78, 5) is 12.3. The van der Waals surface area contributed by atoms with E-state index in [0.29, 0.717) is 22.0 Å². The average Bonchev–Trinajstić information content (AvgIpc) is 2.42. The Morgan fingerprint density at radius 1 is 1.30 bits per heavy atom. The molecule has 5 heteroatoms. The summed E-state index contributed by atoms with van der Waals surface area (Å²) >= 11 is 9.40. The summed E-state index contributed by atoms with van der Waals surface area (Å²) in [7, 11) is 1.56. The van der Waals surface area contributed by atoms with Crippen molar-refractivity contribution in [2.45, 2.75) is 6.92 Å². The fourth-order valence-electron chi connectivity index (χ4n) is 1.82. The fourth-order valence-corrected chi connectivity index (χ4v) is 2.36. The number of carbonyl (C=O) groups excluding carboxylic acids is 1. The monoisotopic (exact) mass is 353 g/mol. The Kier molecular flexibility index (Phi) is 4.68. The number of halogens is 2. The summed E-state index contributed by atoms with van der Waals surface area (Å²) in [6.07, 6.45) is 0. The zero-order valence-corrected chi connectivity index (χ0v) is 13.4. The second-order valence-electron chi connectivity index (χ2n) is 4.21. The van der Waals surface area contributed by atoms with Crippen molar-refractivity contribution in [1.82, 2.24) is 0 Å². The van der Waals surface area contributed by atoms with Gasteiger partial charge in [0.2, 0.25) is 0 Å². The third-order valence-electron chi connectivity index (χ3n) is 2.92. The normalized spacial score (nSPS) is 10.2. The molecular formula is C15H13BrClNO2. The van der Waals surface area contributed by atoms with Gasteiger partial charge < -0.3 is 10.1 Å². The lowest BCUT2D eigenvalue weighted by atomic mass is 10.1. The number of anilines is 1. The van der Waals surface area contributed by atoms with E-state index in [-0.39, 0.29) is 5.91 Å². The van der Waals surface area contributed by atoms with Crippen LogP contribution in [0.3, 0.4) is 0 Å². The van der Waals surface area contributed by atoms with E-state index in [1.54, 1.807) is 37.4 Å². The van der Waals surface area contributed by atoms with Crippen molar-refractivity contribution in [3.05, 3.63) is 57.0 Å². The maximum Gasteiger partial charge on any atom is 0.256 e. The molecule has 1 N–H and O–H groups in total. The van der Waals surface area contributed by atoms with Gasteiger partial charge in [-0.2, -0.15) is 0 Å². The van der Waals surface area contributed by atoms with E-state index in [1.165, 1.54) is 0 Å². The van der Waals surface area contributed by atoms with Crippen molar-refractivity contribution in [2.75, 3.05) is 12.4 Å². The van der Waals surface area contributed by atoms with Gasteiger partial charge in [-0.05, 0) is 42.8 Å². The number of nitrogens with one attached hydrogen (secondary N) is 1. The Bertz CT molecular complexity index is 658. The van der Waals surface area contributed by atoms with Gasteiger partial charge >= 0.3 is 0 Å². The SMILES string of the molecule is COc1ccc(Br)cc1NC(=O)c1cccc(Cl)c1C. The van der Waals surface area contributed by atoms with Crippen molar-refractivity contribution in [2.24, 2.45) is 0 Å². The molecule has 20 heavy (non-hydrogen) atoms. The molecule has 0 heterocycles. The lowest BCUT2D eigenvalue weighted by Gasteiger charge is -2.12. The van der Waals surface area contributed by atoms with Gasteiger partial charge in [0.25, 0.3) is 5.91 Å². The number of benzene rings is 2. The summed E-state index contributed by atoms with van der Waals surface area (Å²) < 4.78 is 6.09. The van der Waals surface area contributed by atoms with E-state index < -0.39 is 0 Å². The van der Waals surface area contributed by atoms with Gasteiger partial charge in [-0.3, -0.25) is 4.79 Å². The van der Waals surface area contributed by atoms with Crippen molar-refractivity contribution >= 4 is 39.1 Å². The molecule has 0 radical (unpaired) electrons. The number of ether oxygens (including phenoxy) is 1. The fraction of sp³-hybridized carbons (Fsp3) is 0.133. The van der Waals surface area contributed by atoms with E-state index >= 15 is 0 Å². The lowest BCUT2D eigenvalue weighted by molar-refractivity contribution is 0.102. The van der Waals surface area contributed by atoms with Crippen molar-refractivity contribution < 1.29 is 9.53 Å². The second kappa shape index (κ2) is 6.29. The summed E-state index contributed by atoms with van der Waals surface area (Å²) in [6, 6.07) is 10.7. The molecule has 0 aliphatic carbocycles. The van der Waals surface area contributed by atoms with Crippen LogP contribution < -0.4 is 10.1 Å². The minimum absolute atomic E-state index is 0.221. The molecule has 1 amide bonds. The van der Waals surface area contributed by atoms with E-state index in [1.807, 2.05) is 13.0 Å². The molecule has 0 aliphatic rings. The number of hydrogen-bond acceptors (Lipinski definition) is 2. The minimum atomic E-state index is -0.221. The highest BCUT2D eigenvalue weighted by atomic mass is 79.9. The van der Waals surface area contributed by atoms with Crippen LogP contribution in [-0.2, 0) is 0 Å². The number of amides is 1. The number of methoxy groups -OCH3 is 1. The smallest absolute Gasteiger partial charge is 0.256 e. The van der Waals surface area contributed by atoms with E-state index in [4.69, 9.17) is 16.3 Å². The van der Waals surface area contributed by atoms with Crippen LogP contribution in [0.25, 0.3) is 0 Å². The van der Waals surface area contributed by atoms with Gasteiger partial charge in [-0.25, -0.2) is 0 Å². The third-order valence-corrected chi connectivity index (χ3v) is 3.82. The second-order valence-corrected chi connectivity index (χ2v) is 5.53. The zero-order valence-electron chi connectivity index (χ0n) is 11.0. The lowest BCUT2D eigenvalue weighted by Crippen LogP contribution is -2.14. The Morgan fingerprint density at radius 2 is 2.05 bits per heavy atom.